The topological polar surface area (TPSA) is 84.6 Å². The third-order valence-electron chi connectivity index (χ3n) is 5.44. The van der Waals surface area contributed by atoms with Crippen molar-refractivity contribution in [2.45, 2.75) is 25.7 Å². The number of amides is 1. The van der Waals surface area contributed by atoms with E-state index in [1.54, 1.807) is 12.1 Å². The van der Waals surface area contributed by atoms with E-state index in [0.29, 0.717) is 29.3 Å². The summed E-state index contributed by atoms with van der Waals surface area (Å²) in [6.45, 7) is 2.00. The van der Waals surface area contributed by atoms with Crippen LogP contribution in [-0.4, -0.2) is 23.1 Å². The van der Waals surface area contributed by atoms with Crippen molar-refractivity contribution in [1.82, 2.24) is 4.98 Å². The van der Waals surface area contributed by atoms with Gasteiger partial charge in [-0.3, -0.25) is 10.1 Å². The molecule has 0 spiro atoms. The highest BCUT2D eigenvalue weighted by Gasteiger charge is 2.26. The molecule has 0 aliphatic carbocycles. The van der Waals surface area contributed by atoms with E-state index in [0.717, 1.165) is 17.5 Å². The van der Waals surface area contributed by atoms with Gasteiger partial charge in [0.1, 0.15) is 17.2 Å². The molecule has 2 N–H and O–H groups in total. The molecule has 0 fully saturated rings. The van der Waals surface area contributed by atoms with E-state index in [4.69, 9.17) is 9.15 Å². The van der Waals surface area contributed by atoms with Crippen LogP contribution in [0.3, 0.4) is 0 Å². The number of hydrogen-bond donors (Lipinski definition) is 2. The molecule has 1 atom stereocenters. The molecular weight excluding hydrogens is 416 g/mol. The number of nitrogens with one attached hydrogen (secondary N) is 1. The van der Waals surface area contributed by atoms with Gasteiger partial charge in [0.25, 0.3) is 0 Å². The number of aromatic hydroxyl groups is 1. The third-order valence-corrected chi connectivity index (χ3v) is 5.44. The van der Waals surface area contributed by atoms with Gasteiger partial charge in [-0.1, -0.05) is 67.9 Å². The Morgan fingerprint density at radius 2 is 1.70 bits per heavy atom. The normalized spacial score (nSPS) is 11.7. The fourth-order valence-corrected chi connectivity index (χ4v) is 3.76. The number of rotatable bonds is 8. The molecule has 6 nitrogen and oxygen atoms in total. The fraction of sp³-hybridized carbons (Fsp3) is 0.185. The molecule has 168 valence electrons. The van der Waals surface area contributed by atoms with Gasteiger partial charge in [-0.15, -0.1) is 0 Å². The molecule has 1 unspecified atom stereocenters. The lowest BCUT2D eigenvalue weighted by molar-refractivity contribution is -0.117. The van der Waals surface area contributed by atoms with Crippen LogP contribution in [0.15, 0.2) is 83.3 Å². The highest BCUT2D eigenvalue weighted by molar-refractivity contribution is 5.98. The number of oxazole rings is 1. The smallest absolute Gasteiger partial charge is 0.234 e. The van der Waals surface area contributed by atoms with Crippen LogP contribution in [-0.2, 0) is 4.79 Å². The Kier molecular flexibility index (Phi) is 6.74. The third kappa shape index (κ3) is 4.90. The molecule has 0 bridgehead atoms. The number of hydrogen-bond acceptors (Lipinski definition) is 5. The van der Waals surface area contributed by atoms with Crippen molar-refractivity contribution in [2.75, 3.05) is 12.4 Å². The summed E-state index contributed by atoms with van der Waals surface area (Å²) < 4.78 is 11.2. The summed E-state index contributed by atoms with van der Waals surface area (Å²) in [4.78, 5) is 18.1. The monoisotopic (exact) mass is 442 g/mol. The highest BCUT2D eigenvalue weighted by Crippen LogP contribution is 2.36. The Bertz CT molecular complexity index is 1220. The predicted molar refractivity (Wildman–Crippen MR) is 128 cm³/mol. The Labute approximate surface area is 192 Å². The largest absolute Gasteiger partial charge is 0.508 e. The average Bonchev–Trinajstić information content (AvgIpc) is 3.27. The molecule has 0 radical (unpaired) electrons. The first-order chi connectivity index (χ1) is 16.1. The molecule has 1 amide bonds. The van der Waals surface area contributed by atoms with Crippen molar-refractivity contribution in [2.24, 2.45) is 0 Å². The maximum atomic E-state index is 13.4. The molecule has 1 aromatic heterocycles. The van der Waals surface area contributed by atoms with Crippen molar-refractivity contribution >= 4 is 11.8 Å². The summed E-state index contributed by atoms with van der Waals surface area (Å²) in [6, 6.07) is 24.1. The van der Waals surface area contributed by atoms with Crippen LogP contribution in [0.1, 0.15) is 31.2 Å². The lowest BCUT2D eigenvalue weighted by Gasteiger charge is -2.17. The molecule has 6 heteroatoms. The van der Waals surface area contributed by atoms with Gasteiger partial charge in [0, 0.05) is 22.8 Å². The zero-order chi connectivity index (χ0) is 23.2. The van der Waals surface area contributed by atoms with E-state index >= 15 is 0 Å². The maximum Gasteiger partial charge on any atom is 0.234 e. The molecule has 33 heavy (non-hydrogen) atoms. The van der Waals surface area contributed by atoms with Crippen molar-refractivity contribution < 1.29 is 19.1 Å². The summed E-state index contributed by atoms with van der Waals surface area (Å²) in [6.07, 6.45) is 1.33. The lowest BCUT2D eigenvalue weighted by atomic mass is 9.92. The lowest BCUT2D eigenvalue weighted by Crippen LogP contribution is -2.21. The van der Waals surface area contributed by atoms with Gasteiger partial charge in [0.05, 0.1) is 13.0 Å². The van der Waals surface area contributed by atoms with Crippen molar-refractivity contribution in [3.05, 3.63) is 84.4 Å². The van der Waals surface area contributed by atoms with Crippen LogP contribution in [0.25, 0.3) is 22.7 Å². The number of phenolic OH excluding ortho intramolecular Hbond substituents is 1. The van der Waals surface area contributed by atoms with E-state index in [1.807, 2.05) is 67.6 Å². The summed E-state index contributed by atoms with van der Waals surface area (Å²) in [5.74, 6) is 0.415. The first kappa shape index (κ1) is 22.1. The van der Waals surface area contributed by atoms with Crippen LogP contribution >= 0.6 is 0 Å². The Hall–Kier alpha value is -4.06. The second-order valence-electron chi connectivity index (χ2n) is 7.68. The number of nitrogens with zero attached hydrogens (tertiary/aromatic N) is 1. The summed E-state index contributed by atoms with van der Waals surface area (Å²) in [5.41, 5.74) is 2.74. The summed E-state index contributed by atoms with van der Waals surface area (Å²) >= 11 is 0. The summed E-state index contributed by atoms with van der Waals surface area (Å²) in [5, 5.41) is 13.5. The van der Waals surface area contributed by atoms with Gasteiger partial charge >= 0.3 is 0 Å². The minimum atomic E-state index is -0.560. The number of phenols is 1. The number of ether oxygens (including phenoxy) is 1. The highest BCUT2D eigenvalue weighted by atomic mass is 16.5. The van der Waals surface area contributed by atoms with Crippen LogP contribution in [0, 0.1) is 0 Å². The molecule has 0 aliphatic rings. The van der Waals surface area contributed by atoms with Gasteiger partial charge in [0.15, 0.2) is 0 Å². The minimum absolute atomic E-state index is 0.0220. The number of benzene rings is 3. The molecule has 0 aliphatic heterocycles. The van der Waals surface area contributed by atoms with Crippen molar-refractivity contribution in [3.63, 3.8) is 0 Å². The quantitative estimate of drug-likeness (QED) is 0.337. The van der Waals surface area contributed by atoms with E-state index in [2.05, 4.69) is 10.3 Å². The molecule has 0 saturated heterocycles. The first-order valence-corrected chi connectivity index (χ1v) is 10.9. The average molecular weight is 443 g/mol. The van der Waals surface area contributed by atoms with Crippen LogP contribution in [0.5, 0.6) is 11.5 Å². The molecule has 1 heterocycles. The number of carbonyl (C=O) groups is 1. The van der Waals surface area contributed by atoms with Crippen LogP contribution in [0.2, 0.25) is 0 Å². The molecule has 4 aromatic rings. The standard InChI is InChI=1S/C27H26N2O4/c1-3-10-22(21-16-15-20(32-2)17-23(21)30)25(31)29-27-24(18-11-6-4-7-12-18)28-26(33-27)19-13-8-5-9-14-19/h4-9,11-17,22,30H,3,10H2,1-2H3,(H,29,31). The van der Waals surface area contributed by atoms with Gasteiger partial charge in [-0.25, -0.2) is 4.98 Å². The van der Waals surface area contributed by atoms with E-state index in [1.165, 1.54) is 13.2 Å². The summed E-state index contributed by atoms with van der Waals surface area (Å²) in [7, 11) is 1.53. The van der Waals surface area contributed by atoms with Crippen LogP contribution in [0.4, 0.5) is 5.88 Å². The van der Waals surface area contributed by atoms with Crippen LogP contribution < -0.4 is 10.1 Å². The maximum absolute atomic E-state index is 13.4. The van der Waals surface area contributed by atoms with E-state index in [9.17, 15) is 9.90 Å². The van der Waals surface area contributed by atoms with Gasteiger partial charge < -0.3 is 14.3 Å². The van der Waals surface area contributed by atoms with Crippen molar-refractivity contribution in [1.29, 1.82) is 0 Å². The number of methoxy groups -OCH3 is 1. The molecule has 4 rings (SSSR count). The first-order valence-electron chi connectivity index (χ1n) is 10.9. The van der Waals surface area contributed by atoms with E-state index in [-0.39, 0.29) is 17.5 Å². The second kappa shape index (κ2) is 10.0. The number of anilines is 1. The second-order valence-corrected chi connectivity index (χ2v) is 7.68. The zero-order valence-electron chi connectivity index (χ0n) is 18.6. The number of aromatic nitrogens is 1. The Balaban J connectivity index is 1.70. The minimum Gasteiger partial charge on any atom is -0.508 e. The Morgan fingerprint density at radius 3 is 2.30 bits per heavy atom. The molecular formula is C27H26N2O4. The van der Waals surface area contributed by atoms with Gasteiger partial charge in [-0.05, 0) is 24.6 Å². The predicted octanol–water partition coefficient (Wildman–Crippen LogP) is 6.25. The Morgan fingerprint density at radius 1 is 1.03 bits per heavy atom. The van der Waals surface area contributed by atoms with Gasteiger partial charge in [-0.2, -0.15) is 0 Å². The van der Waals surface area contributed by atoms with Gasteiger partial charge in [0.2, 0.25) is 17.7 Å². The molecule has 0 saturated carbocycles. The van der Waals surface area contributed by atoms with Crippen molar-refractivity contribution in [3.8, 4) is 34.2 Å². The SMILES string of the molecule is CCCC(C(=O)Nc1oc(-c2ccccc2)nc1-c1ccccc1)c1ccc(OC)cc1O. The van der Waals surface area contributed by atoms with E-state index < -0.39 is 5.92 Å². The molecule has 3 aromatic carbocycles. The fourth-order valence-electron chi connectivity index (χ4n) is 3.76. The zero-order valence-corrected chi connectivity index (χ0v) is 18.6. The number of carbonyl (C=O) groups excluding carboxylic acids is 1.